The molecule has 0 amide bonds. The molecule has 0 bridgehead atoms. The molecule has 1 heterocycles. The van der Waals surface area contributed by atoms with Crippen LogP contribution in [0.5, 0.6) is 5.75 Å². The second-order valence-corrected chi connectivity index (χ2v) is 12.8. The van der Waals surface area contributed by atoms with E-state index in [0.717, 1.165) is 47.6 Å². The fraction of sp³-hybridized carbons (Fsp3) is 0.438. The summed E-state index contributed by atoms with van der Waals surface area (Å²) in [6, 6.07) is 19.9. The molecule has 3 aromatic carbocycles. The number of hydrogen-bond acceptors (Lipinski definition) is 5. The Bertz CT molecular complexity index is 1230. The van der Waals surface area contributed by atoms with E-state index in [-0.39, 0.29) is 11.9 Å². The Kier molecular flexibility index (Phi) is 14.0. The summed E-state index contributed by atoms with van der Waals surface area (Å²) in [6.45, 7) is 5.75. The maximum atomic E-state index is 11.0. The molecular formula is C32H38Cl6N4O. The van der Waals surface area contributed by atoms with E-state index in [1.165, 1.54) is 0 Å². The fourth-order valence-electron chi connectivity index (χ4n) is 5.69. The van der Waals surface area contributed by atoms with Gasteiger partial charge in [0.05, 0.1) is 6.17 Å². The minimum Gasteiger partial charge on any atom is -0.508 e. The number of hydrogen-bond donors (Lipinski definition) is 1. The second kappa shape index (κ2) is 17.4. The average molecular weight is 707 g/mol. The molecule has 0 atom stereocenters. The number of aromatic hydroxyl groups is 1. The summed E-state index contributed by atoms with van der Waals surface area (Å²) in [5.41, 5.74) is 4.90. The van der Waals surface area contributed by atoms with Gasteiger partial charge in [-0.15, -0.1) is 46.4 Å². The first-order chi connectivity index (χ1) is 20.9. The van der Waals surface area contributed by atoms with Gasteiger partial charge in [-0.25, -0.2) is 0 Å². The summed E-state index contributed by atoms with van der Waals surface area (Å²) in [5, 5.41) is 12.4. The third kappa shape index (κ3) is 9.14. The molecule has 1 aliphatic rings. The van der Waals surface area contributed by atoms with Gasteiger partial charge in [0.25, 0.3) is 0 Å². The molecule has 0 radical (unpaired) electrons. The SMILES string of the molecule is Oc1ccccc1C1N(Cc2ccc(N(CCCl)CCCl)cc2Cl)CCCN1Cc1ccc(N(CCCl)CCCl)cc1Cl. The maximum Gasteiger partial charge on any atom is 0.121 e. The van der Waals surface area contributed by atoms with Gasteiger partial charge < -0.3 is 14.9 Å². The van der Waals surface area contributed by atoms with Gasteiger partial charge in [0, 0.05) is 103 Å². The molecule has 0 saturated carbocycles. The molecule has 5 nitrogen and oxygen atoms in total. The van der Waals surface area contributed by atoms with Gasteiger partial charge in [0.2, 0.25) is 0 Å². The van der Waals surface area contributed by atoms with Crippen molar-refractivity contribution < 1.29 is 5.11 Å². The zero-order valence-corrected chi connectivity index (χ0v) is 28.6. The van der Waals surface area contributed by atoms with Crippen LogP contribution in [-0.4, -0.2) is 77.7 Å². The Morgan fingerprint density at radius 3 is 1.49 bits per heavy atom. The highest BCUT2D eigenvalue weighted by Crippen LogP contribution is 2.38. The van der Waals surface area contributed by atoms with E-state index in [2.05, 4.69) is 43.9 Å². The Balaban J connectivity index is 1.61. The molecule has 4 rings (SSSR count). The van der Waals surface area contributed by atoms with Crippen LogP contribution in [0.25, 0.3) is 0 Å². The molecule has 0 aliphatic carbocycles. The van der Waals surface area contributed by atoms with E-state index in [0.29, 0.717) is 72.8 Å². The molecule has 0 aromatic heterocycles. The van der Waals surface area contributed by atoms with Crippen molar-refractivity contribution in [2.75, 3.05) is 72.6 Å². The van der Waals surface area contributed by atoms with E-state index in [4.69, 9.17) is 69.6 Å². The van der Waals surface area contributed by atoms with Crippen molar-refractivity contribution in [2.45, 2.75) is 25.7 Å². The Hall–Kier alpha value is -1.28. The van der Waals surface area contributed by atoms with E-state index in [9.17, 15) is 5.11 Å². The number of alkyl halides is 4. The standard InChI is InChI=1S/C32H38Cl6N4O/c33-10-16-39(17-11-34)26-8-6-24(29(37)20-26)22-41-14-3-15-42(32(41)28-4-1-2-5-31(28)43)23-25-7-9-27(21-30(25)38)40(18-12-35)19-13-36/h1-2,4-9,20-21,32,43H,3,10-19,22-23H2. The first-order valence-corrected chi connectivity index (χ1v) is 17.4. The van der Waals surface area contributed by atoms with Crippen LogP contribution in [0.3, 0.4) is 0 Å². The van der Waals surface area contributed by atoms with E-state index >= 15 is 0 Å². The summed E-state index contributed by atoms with van der Waals surface area (Å²) in [6.07, 6.45) is 0.794. The van der Waals surface area contributed by atoms with Gasteiger partial charge >= 0.3 is 0 Å². The van der Waals surface area contributed by atoms with E-state index in [1.54, 1.807) is 6.07 Å². The number of nitrogens with zero attached hydrogens (tertiary/aromatic N) is 4. The van der Waals surface area contributed by atoms with Gasteiger partial charge in [0.15, 0.2) is 0 Å². The molecule has 0 spiro atoms. The van der Waals surface area contributed by atoms with Crippen molar-refractivity contribution in [3.05, 3.63) is 87.4 Å². The second-order valence-electron chi connectivity index (χ2n) is 10.5. The Morgan fingerprint density at radius 2 is 1.09 bits per heavy atom. The van der Waals surface area contributed by atoms with Crippen LogP contribution >= 0.6 is 69.6 Å². The smallest absolute Gasteiger partial charge is 0.121 e. The largest absolute Gasteiger partial charge is 0.508 e. The van der Waals surface area contributed by atoms with Gasteiger partial charge in [-0.2, -0.15) is 0 Å². The zero-order chi connectivity index (χ0) is 30.8. The number of anilines is 2. The van der Waals surface area contributed by atoms with Crippen molar-refractivity contribution in [1.82, 2.24) is 9.80 Å². The monoisotopic (exact) mass is 704 g/mol. The molecule has 234 valence electrons. The van der Waals surface area contributed by atoms with E-state index < -0.39 is 0 Å². The van der Waals surface area contributed by atoms with Crippen LogP contribution in [0.1, 0.15) is 29.3 Å². The lowest BCUT2D eigenvalue weighted by Crippen LogP contribution is -2.47. The van der Waals surface area contributed by atoms with Crippen molar-refractivity contribution in [1.29, 1.82) is 0 Å². The van der Waals surface area contributed by atoms with Crippen molar-refractivity contribution in [2.24, 2.45) is 0 Å². The summed E-state index contributed by atoms with van der Waals surface area (Å²) >= 11 is 37.9. The van der Waals surface area contributed by atoms with Crippen LogP contribution in [0.2, 0.25) is 10.0 Å². The average Bonchev–Trinajstić information content (AvgIpc) is 3.00. The summed E-state index contributed by atoms with van der Waals surface area (Å²) < 4.78 is 0. The predicted octanol–water partition coefficient (Wildman–Crippen LogP) is 8.67. The molecular weight excluding hydrogens is 669 g/mol. The van der Waals surface area contributed by atoms with Gasteiger partial charge in [-0.05, 0) is 47.9 Å². The van der Waals surface area contributed by atoms with Crippen molar-refractivity contribution >= 4 is 81.0 Å². The highest BCUT2D eigenvalue weighted by Gasteiger charge is 2.33. The lowest BCUT2D eigenvalue weighted by molar-refractivity contribution is -0.0103. The number of benzene rings is 3. The summed E-state index contributed by atoms with van der Waals surface area (Å²) in [4.78, 5) is 9.03. The first kappa shape index (κ1) is 34.6. The Labute approximate surface area is 285 Å². The molecule has 43 heavy (non-hydrogen) atoms. The summed E-state index contributed by atoms with van der Waals surface area (Å²) in [7, 11) is 0. The predicted molar refractivity (Wildman–Crippen MR) is 186 cm³/mol. The minimum atomic E-state index is -0.172. The lowest BCUT2D eigenvalue weighted by atomic mass is 10.0. The number of phenolic OH excluding ortho intramolecular Hbond substituents is 1. The van der Waals surface area contributed by atoms with Crippen molar-refractivity contribution in [3.63, 3.8) is 0 Å². The third-order valence-electron chi connectivity index (χ3n) is 7.77. The summed E-state index contributed by atoms with van der Waals surface area (Å²) in [5.74, 6) is 2.30. The van der Waals surface area contributed by atoms with Gasteiger partial charge in [-0.3, -0.25) is 9.80 Å². The van der Waals surface area contributed by atoms with Crippen LogP contribution in [0, 0.1) is 0 Å². The molecule has 3 aromatic rings. The highest BCUT2D eigenvalue weighted by atomic mass is 35.5. The first-order valence-electron chi connectivity index (χ1n) is 14.5. The lowest BCUT2D eigenvalue weighted by Gasteiger charge is -2.44. The van der Waals surface area contributed by atoms with Gasteiger partial charge in [-0.1, -0.05) is 53.5 Å². The molecule has 1 N–H and O–H groups in total. The fourth-order valence-corrected chi connectivity index (χ4v) is 6.98. The molecule has 1 saturated heterocycles. The van der Waals surface area contributed by atoms with Crippen LogP contribution < -0.4 is 9.80 Å². The molecule has 11 heteroatoms. The third-order valence-corrected chi connectivity index (χ3v) is 9.15. The van der Waals surface area contributed by atoms with Crippen molar-refractivity contribution in [3.8, 4) is 5.75 Å². The van der Waals surface area contributed by atoms with E-state index in [1.807, 2.05) is 30.3 Å². The van der Waals surface area contributed by atoms with Gasteiger partial charge in [0.1, 0.15) is 5.75 Å². The van der Waals surface area contributed by atoms with Crippen LogP contribution in [0.4, 0.5) is 11.4 Å². The molecule has 1 fully saturated rings. The topological polar surface area (TPSA) is 33.2 Å². The number of para-hydroxylation sites is 1. The quantitative estimate of drug-likeness (QED) is 0.160. The highest BCUT2D eigenvalue weighted by molar-refractivity contribution is 6.32. The maximum absolute atomic E-state index is 11.0. The minimum absolute atomic E-state index is 0.172. The number of rotatable bonds is 15. The Morgan fingerprint density at radius 1 is 0.651 bits per heavy atom. The molecule has 1 aliphatic heterocycles. The van der Waals surface area contributed by atoms with Crippen LogP contribution in [0.15, 0.2) is 60.7 Å². The zero-order valence-electron chi connectivity index (χ0n) is 24.0. The molecule has 0 unspecified atom stereocenters. The number of phenols is 1. The number of halogens is 6. The normalized spacial score (nSPS) is 14.7. The van der Waals surface area contributed by atoms with Crippen LogP contribution in [-0.2, 0) is 13.1 Å².